The van der Waals surface area contributed by atoms with Gasteiger partial charge in [-0.25, -0.2) is 0 Å². The average Bonchev–Trinajstić information content (AvgIpc) is 2.66. The minimum absolute atomic E-state index is 0.0219. The SMILES string of the molecule is COc1ccc(/C=C2\SC(=S)NC2=O)cc1S(=O)(=O)O. The lowest BCUT2D eigenvalue weighted by molar-refractivity contribution is -0.115. The Morgan fingerprint density at radius 3 is 2.65 bits per heavy atom. The van der Waals surface area contributed by atoms with Crippen LogP contribution >= 0.6 is 24.0 Å². The molecular weight excluding hydrogens is 322 g/mol. The highest BCUT2D eigenvalue weighted by atomic mass is 32.2. The van der Waals surface area contributed by atoms with Crippen LogP contribution in [0.1, 0.15) is 5.56 Å². The molecule has 1 aromatic carbocycles. The fourth-order valence-corrected chi connectivity index (χ4v) is 3.29. The van der Waals surface area contributed by atoms with Crippen molar-refractivity contribution in [3.05, 3.63) is 28.7 Å². The summed E-state index contributed by atoms with van der Waals surface area (Å²) in [5.74, 6) is -0.321. The van der Waals surface area contributed by atoms with E-state index in [1.165, 1.54) is 25.3 Å². The van der Waals surface area contributed by atoms with Crippen molar-refractivity contribution in [1.82, 2.24) is 5.32 Å². The second kappa shape index (κ2) is 5.52. The molecule has 0 radical (unpaired) electrons. The van der Waals surface area contributed by atoms with Gasteiger partial charge in [-0.05, 0) is 23.8 Å². The Kier molecular flexibility index (Phi) is 4.14. The molecule has 20 heavy (non-hydrogen) atoms. The van der Waals surface area contributed by atoms with Crippen LogP contribution in [0, 0.1) is 0 Å². The molecule has 1 heterocycles. The first-order valence-corrected chi connectivity index (χ1v) is 7.88. The van der Waals surface area contributed by atoms with Crippen LogP contribution in [0.25, 0.3) is 6.08 Å². The van der Waals surface area contributed by atoms with Gasteiger partial charge in [0.25, 0.3) is 16.0 Å². The number of hydrogen-bond acceptors (Lipinski definition) is 6. The summed E-state index contributed by atoms with van der Waals surface area (Å²) in [5, 5.41) is 2.45. The van der Waals surface area contributed by atoms with Crippen molar-refractivity contribution in [1.29, 1.82) is 0 Å². The Morgan fingerprint density at radius 1 is 1.45 bits per heavy atom. The van der Waals surface area contributed by atoms with Crippen LogP contribution in [-0.2, 0) is 14.9 Å². The normalized spacial score (nSPS) is 17.4. The molecule has 9 heteroatoms. The number of ether oxygens (including phenoxy) is 1. The molecule has 0 atom stereocenters. The molecule has 0 saturated carbocycles. The van der Waals surface area contributed by atoms with Crippen LogP contribution in [0.4, 0.5) is 0 Å². The Hall–Kier alpha value is -1.42. The molecule has 1 aromatic rings. The third-order valence-electron chi connectivity index (χ3n) is 2.41. The van der Waals surface area contributed by atoms with E-state index in [2.05, 4.69) is 5.32 Å². The summed E-state index contributed by atoms with van der Waals surface area (Å²) in [4.78, 5) is 11.5. The molecule has 1 aliphatic rings. The largest absolute Gasteiger partial charge is 0.495 e. The second-order valence-corrected chi connectivity index (χ2v) is 6.85. The van der Waals surface area contributed by atoms with Crippen molar-refractivity contribution in [2.24, 2.45) is 0 Å². The van der Waals surface area contributed by atoms with Gasteiger partial charge in [0.1, 0.15) is 15.0 Å². The lowest BCUT2D eigenvalue weighted by Crippen LogP contribution is -2.17. The monoisotopic (exact) mass is 331 g/mol. The number of methoxy groups -OCH3 is 1. The number of carbonyl (C=O) groups is 1. The number of thioether (sulfide) groups is 1. The minimum atomic E-state index is -4.41. The maximum Gasteiger partial charge on any atom is 0.298 e. The fourth-order valence-electron chi connectivity index (χ4n) is 1.56. The number of thiocarbonyl (C=S) groups is 1. The highest BCUT2D eigenvalue weighted by Crippen LogP contribution is 2.29. The van der Waals surface area contributed by atoms with Crippen LogP contribution in [0.5, 0.6) is 5.75 Å². The van der Waals surface area contributed by atoms with Crippen LogP contribution in [0.2, 0.25) is 0 Å². The number of benzene rings is 1. The molecule has 2 N–H and O–H groups in total. The third kappa shape index (κ3) is 3.18. The van der Waals surface area contributed by atoms with Crippen LogP contribution in [0.3, 0.4) is 0 Å². The van der Waals surface area contributed by atoms with E-state index in [-0.39, 0.29) is 16.6 Å². The molecule has 2 rings (SSSR count). The Balaban J connectivity index is 2.48. The first-order chi connectivity index (χ1) is 9.31. The molecule has 0 unspecified atom stereocenters. The molecule has 1 fully saturated rings. The molecule has 0 aromatic heterocycles. The molecular formula is C11H9NO5S3. The average molecular weight is 331 g/mol. The van der Waals surface area contributed by atoms with E-state index in [4.69, 9.17) is 21.5 Å². The molecule has 106 valence electrons. The van der Waals surface area contributed by atoms with Crippen LogP contribution in [0.15, 0.2) is 28.0 Å². The molecule has 1 amide bonds. The van der Waals surface area contributed by atoms with E-state index < -0.39 is 10.1 Å². The lowest BCUT2D eigenvalue weighted by Gasteiger charge is -2.06. The smallest absolute Gasteiger partial charge is 0.298 e. The first-order valence-electron chi connectivity index (χ1n) is 5.21. The van der Waals surface area contributed by atoms with E-state index in [9.17, 15) is 13.2 Å². The summed E-state index contributed by atoms with van der Waals surface area (Å²) < 4.78 is 36.9. The maximum atomic E-state index is 11.5. The van der Waals surface area contributed by atoms with Crippen molar-refractivity contribution >= 4 is 50.4 Å². The van der Waals surface area contributed by atoms with Gasteiger partial charge < -0.3 is 10.1 Å². The van der Waals surface area contributed by atoms with Crippen molar-refractivity contribution in [3.63, 3.8) is 0 Å². The van der Waals surface area contributed by atoms with Gasteiger partial charge in [-0.2, -0.15) is 8.42 Å². The Labute approximate surface area is 124 Å². The van der Waals surface area contributed by atoms with Gasteiger partial charge in [0.2, 0.25) is 0 Å². The highest BCUT2D eigenvalue weighted by Gasteiger charge is 2.23. The van der Waals surface area contributed by atoms with Gasteiger partial charge in [0.05, 0.1) is 12.0 Å². The summed E-state index contributed by atoms with van der Waals surface area (Å²) in [6.07, 6.45) is 1.48. The lowest BCUT2D eigenvalue weighted by atomic mass is 10.2. The van der Waals surface area contributed by atoms with E-state index >= 15 is 0 Å². The fraction of sp³-hybridized carbons (Fsp3) is 0.0909. The van der Waals surface area contributed by atoms with Crippen molar-refractivity contribution in [2.75, 3.05) is 7.11 Å². The van der Waals surface area contributed by atoms with Gasteiger partial charge in [-0.15, -0.1) is 0 Å². The summed E-state index contributed by atoms with van der Waals surface area (Å²) in [6.45, 7) is 0. The molecule has 0 bridgehead atoms. The van der Waals surface area contributed by atoms with Crippen molar-refractivity contribution in [2.45, 2.75) is 4.90 Å². The highest BCUT2D eigenvalue weighted by molar-refractivity contribution is 8.26. The summed E-state index contributed by atoms with van der Waals surface area (Å²) in [7, 11) is -3.12. The number of rotatable bonds is 3. The van der Waals surface area contributed by atoms with Gasteiger partial charge in [0.15, 0.2) is 0 Å². The molecule has 0 spiro atoms. The summed E-state index contributed by atoms with van der Waals surface area (Å²) >= 11 is 5.93. The third-order valence-corrected chi connectivity index (χ3v) is 4.44. The second-order valence-electron chi connectivity index (χ2n) is 3.74. The Bertz CT molecular complexity index is 724. The molecule has 1 aliphatic heterocycles. The van der Waals surface area contributed by atoms with E-state index in [0.717, 1.165) is 11.8 Å². The first kappa shape index (κ1) is 15.0. The Morgan fingerprint density at radius 2 is 2.15 bits per heavy atom. The number of amides is 1. The van der Waals surface area contributed by atoms with E-state index in [1.54, 1.807) is 6.07 Å². The van der Waals surface area contributed by atoms with Gasteiger partial charge >= 0.3 is 0 Å². The zero-order chi connectivity index (χ0) is 14.9. The molecule has 1 saturated heterocycles. The maximum absolute atomic E-state index is 11.5. The number of carbonyl (C=O) groups excluding carboxylic acids is 1. The standard InChI is InChI=1S/C11H9NO5S3/c1-17-7-3-2-6(5-9(7)20(14,15)16)4-8-10(13)12-11(18)19-8/h2-5H,1H3,(H,12,13,18)(H,14,15,16)/b8-4-. The van der Waals surface area contributed by atoms with E-state index in [0.29, 0.717) is 14.8 Å². The minimum Gasteiger partial charge on any atom is -0.495 e. The quantitative estimate of drug-likeness (QED) is 0.492. The predicted molar refractivity (Wildman–Crippen MR) is 79.1 cm³/mol. The number of nitrogens with one attached hydrogen (secondary N) is 1. The van der Waals surface area contributed by atoms with Crippen LogP contribution in [-0.4, -0.2) is 30.3 Å². The van der Waals surface area contributed by atoms with E-state index in [1.807, 2.05) is 0 Å². The van der Waals surface area contributed by atoms with Crippen LogP contribution < -0.4 is 10.1 Å². The topological polar surface area (TPSA) is 92.7 Å². The predicted octanol–water partition coefficient (Wildman–Crippen LogP) is 1.43. The van der Waals surface area contributed by atoms with Gasteiger partial charge in [-0.3, -0.25) is 9.35 Å². The van der Waals surface area contributed by atoms with Gasteiger partial charge in [0, 0.05) is 0 Å². The summed E-state index contributed by atoms with van der Waals surface area (Å²) in [6, 6.07) is 4.18. The zero-order valence-electron chi connectivity index (χ0n) is 10.1. The van der Waals surface area contributed by atoms with Crippen molar-refractivity contribution < 1.29 is 22.5 Å². The van der Waals surface area contributed by atoms with Gasteiger partial charge in [-0.1, -0.05) is 30.0 Å². The molecule has 6 nitrogen and oxygen atoms in total. The van der Waals surface area contributed by atoms with Crippen molar-refractivity contribution in [3.8, 4) is 5.75 Å². The zero-order valence-corrected chi connectivity index (χ0v) is 12.6. The molecule has 0 aliphatic carbocycles. The number of hydrogen-bond donors (Lipinski definition) is 2. The summed E-state index contributed by atoms with van der Waals surface area (Å²) in [5.41, 5.74) is 0.431.